The van der Waals surface area contributed by atoms with Crippen LogP contribution in [0.3, 0.4) is 0 Å². The molecule has 3 rings (SSSR count). The number of piperazine rings is 1. The highest BCUT2D eigenvalue weighted by Crippen LogP contribution is 2.22. The molecule has 0 saturated carbocycles. The summed E-state index contributed by atoms with van der Waals surface area (Å²) in [4.78, 5) is 43.7. The number of para-hydroxylation sites is 1. The Labute approximate surface area is 164 Å². The van der Waals surface area contributed by atoms with Gasteiger partial charge in [0.1, 0.15) is 0 Å². The third-order valence-corrected chi connectivity index (χ3v) is 4.98. The minimum Gasteiger partial charge on any atom is -0.342 e. The molecule has 3 amide bonds. The smallest absolute Gasteiger partial charge is 0.257 e. The van der Waals surface area contributed by atoms with Crippen LogP contribution in [0.5, 0.6) is 0 Å². The number of benzene rings is 1. The standard InChI is InChI=1S/C21H24N4O3/c1-3-16-6-4-5-15(2)19(16)23-20(27)17-11-18(13-22-12-17)21(28)25-9-7-24(14-26)8-10-25/h4-6,11-14H,3,7-10H2,1-2H3,(H,23,27). The van der Waals surface area contributed by atoms with Crippen molar-refractivity contribution in [2.24, 2.45) is 0 Å². The van der Waals surface area contributed by atoms with Gasteiger partial charge in [0.15, 0.2) is 0 Å². The van der Waals surface area contributed by atoms with E-state index in [4.69, 9.17) is 0 Å². The molecule has 1 aliphatic rings. The maximum absolute atomic E-state index is 12.7. The molecule has 2 aromatic rings. The van der Waals surface area contributed by atoms with Crippen LogP contribution in [-0.4, -0.2) is 59.2 Å². The van der Waals surface area contributed by atoms with E-state index in [9.17, 15) is 14.4 Å². The SMILES string of the molecule is CCc1cccc(C)c1NC(=O)c1cncc(C(=O)N2CCN(C=O)CC2)c1. The van der Waals surface area contributed by atoms with Crippen molar-refractivity contribution in [1.29, 1.82) is 0 Å². The highest BCUT2D eigenvalue weighted by Gasteiger charge is 2.22. The molecule has 1 aromatic carbocycles. The van der Waals surface area contributed by atoms with E-state index in [0.717, 1.165) is 29.6 Å². The molecule has 0 bridgehead atoms. The van der Waals surface area contributed by atoms with Gasteiger partial charge in [-0.25, -0.2) is 0 Å². The molecule has 1 aromatic heterocycles. The van der Waals surface area contributed by atoms with Crippen LogP contribution < -0.4 is 5.32 Å². The fourth-order valence-corrected chi connectivity index (χ4v) is 3.28. The molecule has 1 fully saturated rings. The zero-order chi connectivity index (χ0) is 20.1. The Kier molecular flexibility index (Phi) is 6.03. The Bertz CT molecular complexity index is 889. The van der Waals surface area contributed by atoms with Gasteiger partial charge < -0.3 is 15.1 Å². The molecule has 7 nitrogen and oxygen atoms in total. The van der Waals surface area contributed by atoms with Gasteiger partial charge in [-0.3, -0.25) is 19.4 Å². The third-order valence-electron chi connectivity index (χ3n) is 4.98. The molecular weight excluding hydrogens is 356 g/mol. The summed E-state index contributed by atoms with van der Waals surface area (Å²) in [5, 5.41) is 2.96. The normalized spacial score (nSPS) is 13.9. The number of pyridine rings is 1. The van der Waals surface area contributed by atoms with Crippen molar-refractivity contribution in [3.8, 4) is 0 Å². The van der Waals surface area contributed by atoms with Crippen LogP contribution in [0.2, 0.25) is 0 Å². The molecule has 0 unspecified atom stereocenters. The van der Waals surface area contributed by atoms with E-state index >= 15 is 0 Å². The molecule has 0 radical (unpaired) electrons. The molecule has 1 saturated heterocycles. The maximum Gasteiger partial charge on any atom is 0.257 e. The van der Waals surface area contributed by atoms with Crippen LogP contribution in [-0.2, 0) is 11.2 Å². The van der Waals surface area contributed by atoms with Gasteiger partial charge >= 0.3 is 0 Å². The summed E-state index contributed by atoms with van der Waals surface area (Å²) in [6, 6.07) is 7.47. The average Bonchev–Trinajstić information content (AvgIpc) is 2.74. The summed E-state index contributed by atoms with van der Waals surface area (Å²) in [5.41, 5.74) is 3.55. The second kappa shape index (κ2) is 8.65. The molecular formula is C21H24N4O3. The van der Waals surface area contributed by atoms with Crippen LogP contribution in [0.1, 0.15) is 38.8 Å². The molecule has 28 heavy (non-hydrogen) atoms. The minimum absolute atomic E-state index is 0.183. The second-order valence-corrected chi connectivity index (χ2v) is 6.81. The fourth-order valence-electron chi connectivity index (χ4n) is 3.28. The summed E-state index contributed by atoms with van der Waals surface area (Å²) in [5.74, 6) is -0.477. The molecule has 1 N–H and O–H groups in total. The lowest BCUT2D eigenvalue weighted by molar-refractivity contribution is -0.119. The number of aryl methyl sites for hydroxylation is 2. The molecule has 7 heteroatoms. The number of amides is 3. The van der Waals surface area contributed by atoms with Crippen molar-refractivity contribution in [2.45, 2.75) is 20.3 Å². The van der Waals surface area contributed by atoms with Crippen LogP contribution in [0, 0.1) is 6.92 Å². The number of carbonyl (C=O) groups is 3. The summed E-state index contributed by atoms with van der Waals surface area (Å²) in [6.45, 7) is 5.95. The average molecular weight is 380 g/mol. The Morgan fingerprint density at radius 1 is 1.14 bits per heavy atom. The van der Waals surface area contributed by atoms with E-state index < -0.39 is 0 Å². The lowest BCUT2D eigenvalue weighted by Crippen LogP contribution is -2.48. The molecule has 146 valence electrons. The topological polar surface area (TPSA) is 82.6 Å². The van der Waals surface area contributed by atoms with E-state index in [1.807, 2.05) is 32.0 Å². The zero-order valence-corrected chi connectivity index (χ0v) is 16.1. The number of anilines is 1. The Hall–Kier alpha value is -3.22. The monoisotopic (exact) mass is 380 g/mol. The van der Waals surface area contributed by atoms with Crippen molar-refractivity contribution in [3.63, 3.8) is 0 Å². The summed E-state index contributed by atoms with van der Waals surface area (Å²) in [7, 11) is 0. The van der Waals surface area contributed by atoms with Gasteiger partial charge in [0.05, 0.1) is 11.1 Å². The first-order valence-corrected chi connectivity index (χ1v) is 9.37. The first-order valence-electron chi connectivity index (χ1n) is 9.37. The molecule has 2 heterocycles. The van der Waals surface area contributed by atoms with Crippen molar-refractivity contribution in [3.05, 3.63) is 58.9 Å². The van der Waals surface area contributed by atoms with Gasteiger partial charge in [0.25, 0.3) is 11.8 Å². The van der Waals surface area contributed by atoms with Gasteiger partial charge in [0.2, 0.25) is 6.41 Å². The Morgan fingerprint density at radius 3 is 2.54 bits per heavy atom. The van der Waals surface area contributed by atoms with E-state index in [-0.39, 0.29) is 11.8 Å². The zero-order valence-electron chi connectivity index (χ0n) is 16.1. The van der Waals surface area contributed by atoms with E-state index in [1.165, 1.54) is 12.4 Å². The highest BCUT2D eigenvalue weighted by atomic mass is 16.2. The molecule has 0 spiro atoms. The fraction of sp³-hybridized carbons (Fsp3) is 0.333. The largest absolute Gasteiger partial charge is 0.342 e. The first-order chi connectivity index (χ1) is 13.5. The Morgan fingerprint density at radius 2 is 1.86 bits per heavy atom. The van der Waals surface area contributed by atoms with Crippen LogP contribution >= 0.6 is 0 Å². The summed E-state index contributed by atoms with van der Waals surface area (Å²) in [6.07, 6.45) is 4.53. The van der Waals surface area contributed by atoms with Gasteiger partial charge in [-0.2, -0.15) is 0 Å². The van der Waals surface area contributed by atoms with Crippen molar-refractivity contribution < 1.29 is 14.4 Å². The number of hydrogen-bond acceptors (Lipinski definition) is 4. The molecule has 0 aliphatic carbocycles. The van der Waals surface area contributed by atoms with Crippen LogP contribution in [0.15, 0.2) is 36.7 Å². The first kappa shape index (κ1) is 19.5. The van der Waals surface area contributed by atoms with Crippen molar-refractivity contribution >= 4 is 23.9 Å². The maximum atomic E-state index is 12.7. The van der Waals surface area contributed by atoms with Gasteiger partial charge in [-0.05, 0) is 30.5 Å². The van der Waals surface area contributed by atoms with Gasteiger partial charge in [-0.1, -0.05) is 25.1 Å². The number of nitrogens with one attached hydrogen (secondary N) is 1. The third kappa shape index (κ3) is 4.19. The van der Waals surface area contributed by atoms with Gasteiger partial charge in [0, 0.05) is 44.3 Å². The number of rotatable bonds is 5. The summed E-state index contributed by atoms with van der Waals surface area (Å²) < 4.78 is 0. The predicted octanol–water partition coefficient (Wildman–Crippen LogP) is 2.12. The Balaban J connectivity index is 1.75. The number of hydrogen-bond donors (Lipinski definition) is 1. The number of aromatic nitrogens is 1. The summed E-state index contributed by atoms with van der Waals surface area (Å²) >= 11 is 0. The van der Waals surface area contributed by atoms with E-state index in [1.54, 1.807) is 15.9 Å². The predicted molar refractivity (Wildman–Crippen MR) is 106 cm³/mol. The lowest BCUT2D eigenvalue weighted by atomic mass is 10.1. The van der Waals surface area contributed by atoms with Crippen molar-refractivity contribution in [2.75, 3.05) is 31.5 Å². The highest BCUT2D eigenvalue weighted by molar-refractivity contribution is 6.06. The number of nitrogens with zero attached hydrogens (tertiary/aromatic N) is 3. The minimum atomic E-state index is -0.295. The van der Waals surface area contributed by atoms with E-state index in [0.29, 0.717) is 37.3 Å². The molecule has 1 aliphatic heterocycles. The van der Waals surface area contributed by atoms with E-state index in [2.05, 4.69) is 10.3 Å². The quantitative estimate of drug-likeness (QED) is 0.806. The van der Waals surface area contributed by atoms with Crippen LogP contribution in [0.4, 0.5) is 5.69 Å². The van der Waals surface area contributed by atoms with Crippen LogP contribution in [0.25, 0.3) is 0 Å². The van der Waals surface area contributed by atoms with Crippen molar-refractivity contribution in [1.82, 2.24) is 14.8 Å². The number of carbonyl (C=O) groups excluding carboxylic acids is 3. The van der Waals surface area contributed by atoms with Gasteiger partial charge in [-0.15, -0.1) is 0 Å². The lowest BCUT2D eigenvalue weighted by Gasteiger charge is -2.32. The second-order valence-electron chi connectivity index (χ2n) is 6.81. The molecule has 0 atom stereocenters.